The van der Waals surface area contributed by atoms with Gasteiger partial charge in [-0.1, -0.05) is 18.2 Å². The summed E-state index contributed by atoms with van der Waals surface area (Å²) in [4.78, 5) is 25.0. The number of likely N-dealkylation sites (tertiary alicyclic amines) is 1. The summed E-state index contributed by atoms with van der Waals surface area (Å²) in [6, 6.07) is 6.56. The lowest BCUT2D eigenvalue weighted by Crippen LogP contribution is -2.32. The van der Waals surface area contributed by atoms with E-state index in [4.69, 9.17) is 5.11 Å². The fourth-order valence-electron chi connectivity index (χ4n) is 2.57. The highest BCUT2D eigenvalue weighted by Crippen LogP contribution is 2.21. The van der Waals surface area contributed by atoms with Gasteiger partial charge in [0.05, 0.1) is 18.1 Å². The standard InChI is InChI=1S/C15H19NO4/c1-10(17)12-6-7-16(9-12)14(18)8-11-4-2-3-5-13(11)15(19)20/h2-5,10,12,17H,6-9H2,1H3,(H,19,20). The summed E-state index contributed by atoms with van der Waals surface area (Å²) in [5, 5.41) is 18.6. The highest BCUT2D eigenvalue weighted by molar-refractivity contribution is 5.91. The highest BCUT2D eigenvalue weighted by atomic mass is 16.4. The van der Waals surface area contributed by atoms with Gasteiger partial charge < -0.3 is 15.1 Å². The quantitative estimate of drug-likeness (QED) is 0.865. The normalized spacial score (nSPS) is 19.9. The van der Waals surface area contributed by atoms with Gasteiger partial charge in [0.2, 0.25) is 5.91 Å². The molecule has 1 fully saturated rings. The van der Waals surface area contributed by atoms with Crippen LogP contribution in [-0.4, -0.2) is 46.2 Å². The van der Waals surface area contributed by atoms with Crippen LogP contribution in [0.5, 0.6) is 0 Å². The summed E-state index contributed by atoms with van der Waals surface area (Å²) in [7, 11) is 0. The van der Waals surface area contributed by atoms with E-state index < -0.39 is 12.1 Å². The first-order valence-corrected chi connectivity index (χ1v) is 6.76. The molecule has 108 valence electrons. The van der Waals surface area contributed by atoms with Gasteiger partial charge in [-0.3, -0.25) is 4.79 Å². The lowest BCUT2D eigenvalue weighted by Gasteiger charge is -2.18. The Hall–Kier alpha value is -1.88. The van der Waals surface area contributed by atoms with Gasteiger partial charge in [0.1, 0.15) is 0 Å². The van der Waals surface area contributed by atoms with Gasteiger partial charge in [-0.15, -0.1) is 0 Å². The second kappa shape index (κ2) is 6.05. The number of carbonyl (C=O) groups is 2. The summed E-state index contributed by atoms with van der Waals surface area (Å²) in [6.45, 7) is 2.91. The van der Waals surface area contributed by atoms with Crippen molar-refractivity contribution in [3.63, 3.8) is 0 Å². The van der Waals surface area contributed by atoms with Crippen LogP contribution in [0.2, 0.25) is 0 Å². The van der Waals surface area contributed by atoms with E-state index in [9.17, 15) is 14.7 Å². The van der Waals surface area contributed by atoms with Crippen molar-refractivity contribution in [2.75, 3.05) is 13.1 Å². The van der Waals surface area contributed by atoms with Crippen LogP contribution in [0.4, 0.5) is 0 Å². The molecule has 1 saturated heterocycles. The molecule has 2 atom stereocenters. The van der Waals surface area contributed by atoms with Gasteiger partial charge in [-0.25, -0.2) is 4.79 Å². The molecular weight excluding hydrogens is 258 g/mol. The highest BCUT2D eigenvalue weighted by Gasteiger charge is 2.29. The Morgan fingerprint density at radius 3 is 2.70 bits per heavy atom. The van der Waals surface area contributed by atoms with Crippen molar-refractivity contribution in [3.05, 3.63) is 35.4 Å². The number of hydrogen-bond donors (Lipinski definition) is 2. The number of aliphatic hydroxyl groups excluding tert-OH is 1. The minimum atomic E-state index is -1.02. The van der Waals surface area contributed by atoms with Crippen molar-refractivity contribution in [2.45, 2.75) is 25.9 Å². The lowest BCUT2D eigenvalue weighted by molar-refractivity contribution is -0.129. The first-order valence-electron chi connectivity index (χ1n) is 6.76. The molecule has 1 amide bonds. The van der Waals surface area contributed by atoms with Gasteiger partial charge in [0.25, 0.3) is 0 Å². The monoisotopic (exact) mass is 277 g/mol. The van der Waals surface area contributed by atoms with E-state index in [2.05, 4.69) is 0 Å². The van der Waals surface area contributed by atoms with Crippen molar-refractivity contribution in [1.82, 2.24) is 4.90 Å². The van der Waals surface area contributed by atoms with E-state index in [1.165, 1.54) is 6.07 Å². The first kappa shape index (κ1) is 14.5. The second-order valence-electron chi connectivity index (χ2n) is 5.27. The Morgan fingerprint density at radius 2 is 2.10 bits per heavy atom. The molecule has 0 aromatic heterocycles. The predicted molar refractivity (Wildman–Crippen MR) is 73.5 cm³/mol. The Labute approximate surface area is 117 Å². The number of rotatable bonds is 4. The number of amides is 1. The van der Waals surface area contributed by atoms with Gasteiger partial charge in [0.15, 0.2) is 0 Å². The van der Waals surface area contributed by atoms with Crippen LogP contribution < -0.4 is 0 Å². The summed E-state index contributed by atoms with van der Waals surface area (Å²) in [5.41, 5.74) is 0.706. The van der Waals surface area contributed by atoms with E-state index >= 15 is 0 Å². The molecule has 0 saturated carbocycles. The van der Waals surface area contributed by atoms with E-state index in [-0.39, 0.29) is 23.8 Å². The van der Waals surface area contributed by atoms with Crippen LogP contribution in [-0.2, 0) is 11.2 Å². The SMILES string of the molecule is CC(O)C1CCN(C(=O)Cc2ccccc2C(=O)O)C1. The molecule has 0 bridgehead atoms. The maximum absolute atomic E-state index is 12.2. The third-order valence-electron chi connectivity index (χ3n) is 3.85. The zero-order valence-electron chi connectivity index (χ0n) is 11.5. The molecule has 2 rings (SSSR count). The Bertz CT molecular complexity index is 512. The van der Waals surface area contributed by atoms with E-state index in [1.807, 2.05) is 0 Å². The van der Waals surface area contributed by atoms with Crippen LogP contribution in [0.15, 0.2) is 24.3 Å². The summed E-state index contributed by atoms with van der Waals surface area (Å²) >= 11 is 0. The Morgan fingerprint density at radius 1 is 1.40 bits per heavy atom. The van der Waals surface area contributed by atoms with Gasteiger partial charge >= 0.3 is 5.97 Å². The number of nitrogens with zero attached hydrogens (tertiary/aromatic N) is 1. The molecule has 1 heterocycles. The first-order chi connectivity index (χ1) is 9.49. The maximum Gasteiger partial charge on any atom is 0.335 e. The van der Waals surface area contributed by atoms with Crippen LogP contribution in [0, 0.1) is 5.92 Å². The summed E-state index contributed by atoms with van der Waals surface area (Å²) in [5.74, 6) is -0.979. The predicted octanol–water partition coefficient (Wildman–Crippen LogP) is 1.16. The van der Waals surface area contributed by atoms with Gasteiger partial charge in [-0.2, -0.15) is 0 Å². The zero-order chi connectivity index (χ0) is 14.7. The summed E-state index contributed by atoms with van der Waals surface area (Å²) < 4.78 is 0. The number of aromatic carboxylic acids is 1. The van der Waals surface area contributed by atoms with Crippen molar-refractivity contribution in [1.29, 1.82) is 0 Å². The molecule has 2 unspecified atom stereocenters. The molecular formula is C15H19NO4. The molecule has 20 heavy (non-hydrogen) atoms. The van der Waals surface area contributed by atoms with E-state index in [0.717, 1.165) is 6.42 Å². The maximum atomic E-state index is 12.2. The Balaban J connectivity index is 2.04. The van der Waals surface area contributed by atoms with E-state index in [1.54, 1.807) is 30.0 Å². The van der Waals surface area contributed by atoms with Crippen LogP contribution in [0.1, 0.15) is 29.3 Å². The molecule has 2 N–H and O–H groups in total. The fourth-order valence-corrected chi connectivity index (χ4v) is 2.57. The van der Waals surface area contributed by atoms with Crippen molar-refractivity contribution >= 4 is 11.9 Å². The average Bonchev–Trinajstić information content (AvgIpc) is 2.89. The second-order valence-corrected chi connectivity index (χ2v) is 5.27. The van der Waals surface area contributed by atoms with Gasteiger partial charge in [-0.05, 0) is 25.0 Å². The molecule has 1 aromatic rings. The largest absolute Gasteiger partial charge is 0.478 e. The average molecular weight is 277 g/mol. The van der Waals surface area contributed by atoms with Crippen LogP contribution in [0.3, 0.4) is 0 Å². The number of hydrogen-bond acceptors (Lipinski definition) is 3. The number of aliphatic hydroxyl groups is 1. The lowest BCUT2D eigenvalue weighted by atomic mass is 10.0. The molecule has 5 nitrogen and oxygen atoms in total. The zero-order valence-corrected chi connectivity index (χ0v) is 11.5. The van der Waals surface area contributed by atoms with Crippen molar-refractivity contribution < 1.29 is 19.8 Å². The van der Waals surface area contributed by atoms with Crippen LogP contribution >= 0.6 is 0 Å². The van der Waals surface area contributed by atoms with Gasteiger partial charge in [0, 0.05) is 19.0 Å². The fraction of sp³-hybridized carbons (Fsp3) is 0.467. The third-order valence-corrected chi connectivity index (χ3v) is 3.85. The number of benzene rings is 1. The Kier molecular flexibility index (Phi) is 4.39. The number of carboxylic acid groups (broad SMARTS) is 1. The number of carbonyl (C=O) groups excluding carboxylic acids is 1. The molecule has 1 aliphatic heterocycles. The number of carboxylic acids is 1. The van der Waals surface area contributed by atoms with Crippen molar-refractivity contribution in [3.8, 4) is 0 Å². The molecule has 5 heteroatoms. The topological polar surface area (TPSA) is 77.8 Å². The molecule has 0 spiro atoms. The minimum Gasteiger partial charge on any atom is -0.478 e. The molecule has 0 radical (unpaired) electrons. The smallest absolute Gasteiger partial charge is 0.335 e. The van der Waals surface area contributed by atoms with E-state index in [0.29, 0.717) is 18.7 Å². The van der Waals surface area contributed by atoms with Crippen molar-refractivity contribution in [2.24, 2.45) is 5.92 Å². The third kappa shape index (κ3) is 3.17. The van der Waals surface area contributed by atoms with Crippen LogP contribution in [0.25, 0.3) is 0 Å². The minimum absolute atomic E-state index is 0.0816. The summed E-state index contributed by atoms with van der Waals surface area (Å²) in [6.07, 6.45) is 0.470. The molecule has 1 aromatic carbocycles. The molecule has 0 aliphatic carbocycles. The molecule has 1 aliphatic rings.